The molecule has 29 heavy (non-hydrogen) atoms. The second-order valence-corrected chi connectivity index (χ2v) is 7.19. The number of benzene rings is 3. The minimum atomic E-state index is -0.284. The summed E-state index contributed by atoms with van der Waals surface area (Å²) in [5.41, 5.74) is 3.82. The second kappa shape index (κ2) is 9.85. The Morgan fingerprint density at radius 3 is 2.41 bits per heavy atom. The van der Waals surface area contributed by atoms with Crippen LogP contribution in [0.25, 0.3) is 0 Å². The fourth-order valence-electron chi connectivity index (χ4n) is 3.28. The molecule has 2 N–H and O–H groups in total. The second-order valence-electron chi connectivity index (χ2n) is 7.19. The van der Waals surface area contributed by atoms with E-state index in [0.717, 1.165) is 23.2 Å². The minimum absolute atomic E-state index is 0.129. The number of para-hydroxylation sites is 1. The minimum Gasteiger partial charge on any atom is -0.336 e. The lowest BCUT2D eigenvalue weighted by Gasteiger charge is -2.25. The number of anilines is 1. The van der Waals surface area contributed by atoms with Crippen LogP contribution in [0.4, 0.5) is 14.9 Å². The number of amides is 2. The van der Waals surface area contributed by atoms with Crippen molar-refractivity contribution in [3.05, 3.63) is 101 Å². The largest absolute Gasteiger partial charge is 0.336 e. The van der Waals surface area contributed by atoms with Crippen LogP contribution in [-0.4, -0.2) is 31.6 Å². The number of nitrogens with zero attached hydrogens (tertiary/aromatic N) is 1. The molecule has 1 atom stereocenters. The van der Waals surface area contributed by atoms with Crippen LogP contribution in [0.2, 0.25) is 0 Å². The molecule has 0 saturated carbocycles. The molecule has 0 bridgehead atoms. The smallest absolute Gasteiger partial charge is 0.319 e. The number of hydrogen-bond donors (Lipinski definition) is 2. The van der Waals surface area contributed by atoms with Gasteiger partial charge in [-0.1, -0.05) is 60.7 Å². The third-order valence-corrected chi connectivity index (χ3v) is 4.82. The highest BCUT2D eigenvalue weighted by atomic mass is 19.1. The molecule has 0 radical (unpaired) electrons. The summed E-state index contributed by atoms with van der Waals surface area (Å²) in [6, 6.07) is 24.0. The predicted octanol–water partition coefficient (Wildman–Crippen LogP) is 4.84. The van der Waals surface area contributed by atoms with E-state index >= 15 is 0 Å². The number of halogens is 1. The molecule has 5 heteroatoms. The lowest BCUT2D eigenvalue weighted by atomic mass is 10.0. The quantitative estimate of drug-likeness (QED) is 0.605. The molecule has 0 aliphatic heterocycles. The Balaban J connectivity index is 1.65. The van der Waals surface area contributed by atoms with Crippen molar-refractivity contribution in [2.24, 2.45) is 0 Å². The Kier molecular flexibility index (Phi) is 6.98. The lowest BCUT2D eigenvalue weighted by molar-refractivity contribution is 0.243. The van der Waals surface area contributed by atoms with Gasteiger partial charge in [0, 0.05) is 12.2 Å². The molecule has 0 spiro atoms. The molecule has 0 aromatic heterocycles. The molecule has 4 nitrogen and oxygen atoms in total. The van der Waals surface area contributed by atoms with Gasteiger partial charge in [-0.05, 0) is 55.4 Å². The van der Waals surface area contributed by atoms with E-state index in [4.69, 9.17) is 0 Å². The summed E-state index contributed by atoms with van der Waals surface area (Å²) in [5.74, 6) is -0.284. The molecule has 1 unspecified atom stereocenters. The number of carbonyl (C=O) groups is 1. The number of nitrogens with one attached hydrogen (secondary N) is 2. The summed E-state index contributed by atoms with van der Waals surface area (Å²) in [6.45, 7) is 0.364. The van der Waals surface area contributed by atoms with Gasteiger partial charge < -0.3 is 15.5 Å². The first-order valence-corrected chi connectivity index (χ1v) is 9.61. The van der Waals surface area contributed by atoms with Crippen LogP contribution >= 0.6 is 0 Å². The van der Waals surface area contributed by atoms with E-state index in [-0.39, 0.29) is 17.9 Å². The van der Waals surface area contributed by atoms with E-state index in [1.165, 1.54) is 17.7 Å². The van der Waals surface area contributed by atoms with Crippen molar-refractivity contribution in [2.75, 3.05) is 26.0 Å². The summed E-state index contributed by atoms with van der Waals surface area (Å²) in [7, 11) is 3.81. The van der Waals surface area contributed by atoms with Crippen molar-refractivity contribution in [2.45, 2.75) is 12.5 Å². The van der Waals surface area contributed by atoms with E-state index in [1.807, 2.05) is 67.5 Å². The average Bonchev–Trinajstić information content (AvgIpc) is 2.70. The van der Waals surface area contributed by atoms with Gasteiger partial charge in [-0.25, -0.2) is 9.18 Å². The van der Waals surface area contributed by atoms with Crippen LogP contribution in [0, 0.1) is 5.82 Å². The number of hydrogen-bond acceptors (Lipinski definition) is 2. The summed E-state index contributed by atoms with van der Waals surface area (Å²) in [6.07, 6.45) is 0.737. The highest BCUT2D eigenvalue weighted by molar-refractivity contribution is 5.90. The van der Waals surface area contributed by atoms with Gasteiger partial charge in [0.15, 0.2) is 0 Å². The van der Waals surface area contributed by atoms with Gasteiger partial charge in [0.1, 0.15) is 5.82 Å². The zero-order chi connectivity index (χ0) is 20.6. The Labute approximate surface area is 171 Å². The summed E-state index contributed by atoms with van der Waals surface area (Å²) >= 11 is 0. The zero-order valence-corrected chi connectivity index (χ0v) is 16.7. The van der Waals surface area contributed by atoms with Crippen molar-refractivity contribution in [1.82, 2.24) is 10.2 Å². The van der Waals surface area contributed by atoms with E-state index in [2.05, 4.69) is 22.8 Å². The van der Waals surface area contributed by atoms with Crippen LogP contribution in [0.1, 0.15) is 22.7 Å². The van der Waals surface area contributed by atoms with Gasteiger partial charge in [-0.2, -0.15) is 0 Å². The highest BCUT2D eigenvalue weighted by Gasteiger charge is 2.16. The van der Waals surface area contributed by atoms with E-state index < -0.39 is 0 Å². The normalized spacial score (nSPS) is 11.9. The van der Waals surface area contributed by atoms with E-state index in [1.54, 1.807) is 6.07 Å². The molecule has 0 aliphatic carbocycles. The fraction of sp³-hybridized carbons (Fsp3) is 0.208. The number of likely N-dealkylation sites (N-methyl/N-ethyl adjacent to an activating group) is 1. The number of urea groups is 1. The molecular weight excluding hydrogens is 365 g/mol. The van der Waals surface area contributed by atoms with Gasteiger partial charge in [-0.15, -0.1) is 0 Å². The van der Waals surface area contributed by atoms with Crippen molar-refractivity contribution in [1.29, 1.82) is 0 Å². The first kappa shape index (κ1) is 20.6. The fourth-order valence-corrected chi connectivity index (χ4v) is 3.28. The summed E-state index contributed by atoms with van der Waals surface area (Å²) in [4.78, 5) is 14.5. The topological polar surface area (TPSA) is 44.4 Å². The third kappa shape index (κ3) is 5.90. The van der Waals surface area contributed by atoms with Gasteiger partial charge in [0.25, 0.3) is 0 Å². The molecule has 3 aromatic rings. The Hall–Kier alpha value is -3.18. The van der Waals surface area contributed by atoms with E-state index in [0.29, 0.717) is 6.54 Å². The third-order valence-electron chi connectivity index (χ3n) is 4.82. The molecule has 150 valence electrons. The molecule has 0 saturated heterocycles. The molecule has 0 heterocycles. The maximum absolute atomic E-state index is 13.6. The average molecular weight is 391 g/mol. The summed E-state index contributed by atoms with van der Waals surface area (Å²) < 4.78 is 13.6. The molecule has 0 aliphatic rings. The monoisotopic (exact) mass is 391 g/mol. The van der Waals surface area contributed by atoms with Crippen molar-refractivity contribution >= 4 is 11.7 Å². The SMILES string of the molecule is CN(C)C(CNC(=O)Nc1ccccc1Cc1ccccc1)c1cccc(F)c1. The molecule has 0 fully saturated rings. The molecule has 3 aromatic carbocycles. The van der Waals surface area contributed by atoms with Gasteiger partial charge in [0.05, 0.1) is 6.04 Å². The maximum Gasteiger partial charge on any atom is 0.319 e. The van der Waals surface area contributed by atoms with Gasteiger partial charge in [-0.3, -0.25) is 0 Å². The van der Waals surface area contributed by atoms with Crippen LogP contribution in [0.3, 0.4) is 0 Å². The molecule has 2 amide bonds. The number of carbonyl (C=O) groups excluding carboxylic acids is 1. The van der Waals surface area contributed by atoms with Crippen molar-refractivity contribution in [3.8, 4) is 0 Å². The van der Waals surface area contributed by atoms with E-state index in [9.17, 15) is 9.18 Å². The Bertz CT molecular complexity index is 944. The number of rotatable bonds is 7. The van der Waals surface area contributed by atoms with Crippen LogP contribution in [-0.2, 0) is 6.42 Å². The van der Waals surface area contributed by atoms with Crippen LogP contribution in [0.5, 0.6) is 0 Å². The first-order chi connectivity index (χ1) is 14.0. The maximum atomic E-state index is 13.6. The van der Waals surface area contributed by atoms with Gasteiger partial charge >= 0.3 is 6.03 Å². The Morgan fingerprint density at radius 2 is 1.69 bits per heavy atom. The molecular formula is C24H26FN3O. The zero-order valence-electron chi connectivity index (χ0n) is 16.7. The standard InChI is InChI=1S/C24H26FN3O/c1-28(2)23(20-12-8-13-21(25)16-20)17-26-24(29)27-22-14-7-6-11-19(22)15-18-9-4-3-5-10-18/h3-14,16,23H,15,17H2,1-2H3,(H2,26,27,29). The van der Waals surface area contributed by atoms with Crippen molar-refractivity contribution in [3.63, 3.8) is 0 Å². The first-order valence-electron chi connectivity index (χ1n) is 9.61. The van der Waals surface area contributed by atoms with Crippen molar-refractivity contribution < 1.29 is 9.18 Å². The van der Waals surface area contributed by atoms with Crippen LogP contribution in [0.15, 0.2) is 78.9 Å². The van der Waals surface area contributed by atoms with Gasteiger partial charge in [0.2, 0.25) is 0 Å². The molecule has 3 rings (SSSR count). The predicted molar refractivity (Wildman–Crippen MR) is 116 cm³/mol. The lowest BCUT2D eigenvalue weighted by Crippen LogP contribution is -2.37. The summed E-state index contributed by atoms with van der Waals surface area (Å²) in [5, 5.41) is 5.85. The van der Waals surface area contributed by atoms with Crippen LogP contribution < -0.4 is 10.6 Å². The highest BCUT2D eigenvalue weighted by Crippen LogP contribution is 2.20. The Morgan fingerprint density at radius 1 is 0.966 bits per heavy atom.